The molecule has 9 heteroatoms. The van der Waals surface area contributed by atoms with Crippen LogP contribution in [-0.4, -0.2) is 37.5 Å². The van der Waals surface area contributed by atoms with E-state index >= 15 is 0 Å². The molecule has 0 bridgehead atoms. The molecular formula is C17H15N7OS. The minimum absolute atomic E-state index is 0.0361. The van der Waals surface area contributed by atoms with Crippen LogP contribution in [0, 0.1) is 5.92 Å². The van der Waals surface area contributed by atoms with Crippen molar-refractivity contribution in [2.24, 2.45) is 5.92 Å². The first-order valence-electron chi connectivity index (χ1n) is 8.31. The molecule has 1 aliphatic rings. The molecule has 4 aromatic heterocycles. The summed E-state index contributed by atoms with van der Waals surface area (Å²) in [7, 11) is 1.82. The smallest absolute Gasteiger partial charge is 0.228 e. The highest BCUT2D eigenvalue weighted by atomic mass is 32.1. The number of anilines is 2. The Bertz CT molecular complexity index is 1120. The van der Waals surface area contributed by atoms with Crippen LogP contribution in [0.2, 0.25) is 0 Å². The number of amides is 1. The number of nitrogens with one attached hydrogen (secondary N) is 2. The number of nitrogens with zero attached hydrogens (tertiary/aromatic N) is 5. The lowest BCUT2D eigenvalue weighted by molar-refractivity contribution is -0.117. The van der Waals surface area contributed by atoms with Gasteiger partial charge < -0.3 is 10.6 Å². The molecule has 0 spiro atoms. The molecular weight excluding hydrogens is 350 g/mol. The molecule has 26 heavy (non-hydrogen) atoms. The second-order valence-electron chi connectivity index (χ2n) is 6.21. The summed E-state index contributed by atoms with van der Waals surface area (Å²) in [5.74, 6) is 1.45. The molecule has 0 saturated heterocycles. The van der Waals surface area contributed by atoms with Crippen LogP contribution < -0.4 is 10.6 Å². The van der Waals surface area contributed by atoms with E-state index in [0.717, 1.165) is 45.0 Å². The van der Waals surface area contributed by atoms with Gasteiger partial charge >= 0.3 is 0 Å². The zero-order chi connectivity index (χ0) is 17.7. The van der Waals surface area contributed by atoms with Crippen LogP contribution in [0.1, 0.15) is 12.8 Å². The van der Waals surface area contributed by atoms with Gasteiger partial charge in [-0.3, -0.25) is 4.79 Å². The van der Waals surface area contributed by atoms with Crippen LogP contribution in [0.3, 0.4) is 0 Å². The third kappa shape index (κ3) is 2.48. The summed E-state index contributed by atoms with van der Waals surface area (Å²) in [6.07, 6.45) is 8.97. The summed E-state index contributed by atoms with van der Waals surface area (Å²) in [5, 5.41) is 13.2. The average Bonchev–Trinajstić information content (AvgIpc) is 3.29. The number of imidazole rings is 1. The van der Waals surface area contributed by atoms with E-state index < -0.39 is 0 Å². The summed E-state index contributed by atoms with van der Waals surface area (Å²) in [6, 6.07) is 1.89. The number of pyridine rings is 2. The highest BCUT2D eigenvalue weighted by molar-refractivity contribution is 7.19. The van der Waals surface area contributed by atoms with Gasteiger partial charge in [-0.05, 0) is 18.9 Å². The predicted molar refractivity (Wildman–Crippen MR) is 100 cm³/mol. The van der Waals surface area contributed by atoms with E-state index in [-0.39, 0.29) is 11.8 Å². The standard InChI is InChI=1S/C17H15N7OS/c1-18-14-11-7-20-13(22-15(25)9-2-3-9)6-10(11)12(8-21-14)16-23-24-5-4-19-17(24)26-16/h4-9H,2-3H2,1H3,(H,18,21)(H,20,22,25). The topological polar surface area (TPSA) is 97.1 Å². The Kier molecular flexibility index (Phi) is 3.35. The molecule has 0 aliphatic heterocycles. The normalized spacial score (nSPS) is 14.0. The Morgan fingerprint density at radius 1 is 1.23 bits per heavy atom. The first kappa shape index (κ1) is 15.2. The van der Waals surface area contributed by atoms with E-state index in [9.17, 15) is 4.79 Å². The summed E-state index contributed by atoms with van der Waals surface area (Å²) < 4.78 is 1.74. The van der Waals surface area contributed by atoms with Gasteiger partial charge in [0.1, 0.15) is 16.6 Å². The molecule has 0 unspecified atom stereocenters. The van der Waals surface area contributed by atoms with Crippen molar-refractivity contribution >= 4 is 44.6 Å². The molecule has 0 aromatic carbocycles. The Balaban J connectivity index is 1.65. The number of hydrogen-bond acceptors (Lipinski definition) is 7. The number of carbonyl (C=O) groups is 1. The van der Waals surface area contributed by atoms with Gasteiger partial charge in [0, 0.05) is 47.9 Å². The van der Waals surface area contributed by atoms with Crippen molar-refractivity contribution in [2.45, 2.75) is 12.8 Å². The predicted octanol–water partition coefficient (Wildman–Crippen LogP) is 2.79. The van der Waals surface area contributed by atoms with E-state index in [0.29, 0.717) is 5.82 Å². The summed E-state index contributed by atoms with van der Waals surface area (Å²) in [6.45, 7) is 0. The van der Waals surface area contributed by atoms with Gasteiger partial charge in [0.05, 0.1) is 6.20 Å². The molecule has 1 aliphatic carbocycles. The Morgan fingerprint density at radius 2 is 2.12 bits per heavy atom. The molecule has 1 amide bonds. The molecule has 2 N–H and O–H groups in total. The van der Waals surface area contributed by atoms with E-state index in [4.69, 9.17) is 0 Å². The monoisotopic (exact) mass is 365 g/mol. The Labute approximate surface area is 152 Å². The molecule has 1 saturated carbocycles. The van der Waals surface area contributed by atoms with Crippen LogP contribution in [0.25, 0.3) is 26.3 Å². The molecule has 4 aromatic rings. The average molecular weight is 365 g/mol. The second kappa shape index (κ2) is 5.73. The summed E-state index contributed by atoms with van der Waals surface area (Å²) in [5.41, 5.74) is 0.888. The van der Waals surface area contributed by atoms with Crippen LogP contribution in [0.4, 0.5) is 11.6 Å². The molecule has 0 radical (unpaired) electrons. The van der Waals surface area contributed by atoms with Crippen LogP contribution >= 0.6 is 11.3 Å². The first-order chi connectivity index (χ1) is 12.7. The quantitative estimate of drug-likeness (QED) is 0.577. The van der Waals surface area contributed by atoms with Crippen molar-refractivity contribution in [1.82, 2.24) is 24.6 Å². The molecule has 130 valence electrons. The third-order valence-corrected chi connectivity index (χ3v) is 5.38. The van der Waals surface area contributed by atoms with Crippen molar-refractivity contribution in [3.05, 3.63) is 30.9 Å². The van der Waals surface area contributed by atoms with Gasteiger partial charge in [-0.1, -0.05) is 11.3 Å². The third-order valence-electron chi connectivity index (χ3n) is 4.41. The van der Waals surface area contributed by atoms with Gasteiger partial charge in [-0.2, -0.15) is 5.10 Å². The molecule has 5 rings (SSSR count). The maximum Gasteiger partial charge on any atom is 0.228 e. The number of rotatable bonds is 4. The van der Waals surface area contributed by atoms with E-state index in [2.05, 4.69) is 30.7 Å². The fourth-order valence-electron chi connectivity index (χ4n) is 2.89. The highest BCUT2D eigenvalue weighted by Gasteiger charge is 2.29. The fourth-order valence-corrected chi connectivity index (χ4v) is 3.78. The fraction of sp³-hybridized carbons (Fsp3) is 0.235. The van der Waals surface area contributed by atoms with Gasteiger partial charge in [0.25, 0.3) is 0 Å². The van der Waals surface area contributed by atoms with Gasteiger partial charge in [-0.25, -0.2) is 19.5 Å². The minimum atomic E-state index is 0.0361. The maximum absolute atomic E-state index is 12.1. The molecule has 0 atom stereocenters. The Hall–Kier alpha value is -3.07. The lowest BCUT2D eigenvalue weighted by Crippen LogP contribution is -2.14. The van der Waals surface area contributed by atoms with Crippen molar-refractivity contribution < 1.29 is 4.79 Å². The number of aromatic nitrogens is 5. The largest absolute Gasteiger partial charge is 0.373 e. The van der Waals surface area contributed by atoms with Crippen molar-refractivity contribution in [2.75, 3.05) is 17.7 Å². The zero-order valence-corrected chi connectivity index (χ0v) is 14.7. The molecule has 4 heterocycles. The first-order valence-corrected chi connectivity index (χ1v) is 9.12. The van der Waals surface area contributed by atoms with Crippen molar-refractivity contribution in [3.8, 4) is 10.6 Å². The van der Waals surface area contributed by atoms with E-state index in [1.807, 2.05) is 19.3 Å². The summed E-state index contributed by atoms with van der Waals surface area (Å²) in [4.78, 5) is 26.0. The van der Waals surface area contributed by atoms with E-state index in [1.54, 1.807) is 23.1 Å². The maximum atomic E-state index is 12.1. The van der Waals surface area contributed by atoms with Crippen molar-refractivity contribution in [1.29, 1.82) is 0 Å². The molecule has 8 nitrogen and oxygen atoms in total. The van der Waals surface area contributed by atoms with Gasteiger partial charge in [0.15, 0.2) is 0 Å². The molecule has 1 fully saturated rings. The summed E-state index contributed by atoms with van der Waals surface area (Å²) >= 11 is 1.49. The van der Waals surface area contributed by atoms with E-state index in [1.165, 1.54) is 11.3 Å². The lowest BCUT2D eigenvalue weighted by atomic mass is 10.1. The van der Waals surface area contributed by atoms with Crippen molar-refractivity contribution in [3.63, 3.8) is 0 Å². The highest BCUT2D eigenvalue weighted by Crippen LogP contribution is 2.35. The van der Waals surface area contributed by atoms with Crippen LogP contribution in [0.15, 0.2) is 30.9 Å². The number of carbonyl (C=O) groups excluding carboxylic acids is 1. The van der Waals surface area contributed by atoms with Crippen LogP contribution in [-0.2, 0) is 4.79 Å². The zero-order valence-electron chi connectivity index (χ0n) is 13.9. The Morgan fingerprint density at radius 3 is 2.88 bits per heavy atom. The number of hydrogen-bond donors (Lipinski definition) is 2. The van der Waals surface area contributed by atoms with Gasteiger partial charge in [0.2, 0.25) is 10.9 Å². The van der Waals surface area contributed by atoms with Crippen LogP contribution in [0.5, 0.6) is 0 Å². The second-order valence-corrected chi connectivity index (χ2v) is 7.17. The number of fused-ring (bicyclic) bond motifs is 2. The lowest BCUT2D eigenvalue weighted by Gasteiger charge is -2.10. The van der Waals surface area contributed by atoms with Gasteiger partial charge in [-0.15, -0.1) is 0 Å². The SMILES string of the molecule is CNc1ncc(-c2nn3ccnc3s2)c2cc(NC(=O)C3CC3)ncc12. The minimum Gasteiger partial charge on any atom is -0.373 e.